The molecule has 228 valence electrons. The topological polar surface area (TPSA) is 115 Å². The van der Waals surface area contributed by atoms with E-state index in [1.165, 1.54) is 18.3 Å². The number of hydrogen-bond donors (Lipinski definition) is 0. The maximum atomic E-state index is 13.2. The van der Waals surface area contributed by atoms with Gasteiger partial charge in [0.2, 0.25) is 11.7 Å². The highest BCUT2D eigenvalue weighted by Crippen LogP contribution is 2.38. The second kappa shape index (κ2) is 12.2. The van der Waals surface area contributed by atoms with Gasteiger partial charge in [0.25, 0.3) is 5.89 Å². The normalized spacial score (nSPS) is 15.9. The fourth-order valence-corrected chi connectivity index (χ4v) is 4.91. The van der Waals surface area contributed by atoms with Crippen LogP contribution in [-0.4, -0.2) is 81.2 Å². The molecule has 0 bridgehead atoms. The standard InChI is InChI=1S/C26H22Cl3F3N6O5/c1-36(2)5-6-41-25(40)38-11-14(3-4-21(38)39)42-20-9-16(27)15(8-17(20)28)22-34-24(43-35-22)19-12-37-10-13(26(30,31)32)7-18(29)23(37)33-19/h7-10,12,14H,3-6,11H2,1-2H3/t14-/m1/s1. The van der Waals surface area contributed by atoms with E-state index in [0.29, 0.717) is 13.0 Å². The molecular weight excluding hydrogens is 640 g/mol. The molecule has 0 unspecified atom stereocenters. The number of amides is 2. The second-order valence-electron chi connectivity index (χ2n) is 9.82. The first-order chi connectivity index (χ1) is 20.3. The number of imidazole rings is 1. The van der Waals surface area contributed by atoms with Crippen molar-refractivity contribution in [3.63, 3.8) is 0 Å². The zero-order valence-corrected chi connectivity index (χ0v) is 24.8. The van der Waals surface area contributed by atoms with Crippen LogP contribution in [0.15, 0.2) is 35.1 Å². The van der Waals surface area contributed by atoms with E-state index < -0.39 is 23.9 Å². The summed E-state index contributed by atoms with van der Waals surface area (Å²) < 4.78 is 57.1. The molecule has 1 fully saturated rings. The van der Waals surface area contributed by atoms with Crippen molar-refractivity contribution in [3.05, 3.63) is 51.2 Å². The molecule has 2 amide bonds. The number of aromatic nitrogens is 4. The molecule has 5 rings (SSSR count). The Hall–Kier alpha value is -3.59. The van der Waals surface area contributed by atoms with Crippen LogP contribution in [0.2, 0.25) is 15.1 Å². The molecule has 4 aromatic rings. The maximum Gasteiger partial charge on any atom is 0.417 e. The van der Waals surface area contributed by atoms with Crippen molar-refractivity contribution in [2.45, 2.75) is 25.1 Å². The largest absolute Gasteiger partial charge is 0.487 e. The zero-order valence-electron chi connectivity index (χ0n) is 22.5. The molecule has 11 nitrogen and oxygen atoms in total. The molecule has 3 aromatic heterocycles. The number of ether oxygens (including phenoxy) is 2. The van der Waals surface area contributed by atoms with Gasteiger partial charge in [-0.3, -0.25) is 4.79 Å². The summed E-state index contributed by atoms with van der Waals surface area (Å²) in [4.78, 5) is 36.0. The van der Waals surface area contributed by atoms with Gasteiger partial charge in [-0.25, -0.2) is 14.7 Å². The zero-order chi connectivity index (χ0) is 31.1. The Morgan fingerprint density at radius 2 is 1.88 bits per heavy atom. The third kappa shape index (κ3) is 6.82. The molecule has 1 aliphatic heterocycles. The molecule has 0 N–H and O–H groups in total. The third-order valence-corrected chi connectivity index (χ3v) is 7.27. The van der Waals surface area contributed by atoms with Crippen molar-refractivity contribution in [1.82, 2.24) is 29.3 Å². The number of hydrogen-bond acceptors (Lipinski definition) is 9. The Kier molecular flexibility index (Phi) is 8.75. The van der Waals surface area contributed by atoms with Crippen LogP contribution < -0.4 is 4.74 Å². The minimum atomic E-state index is -4.60. The van der Waals surface area contributed by atoms with E-state index in [1.807, 2.05) is 19.0 Å². The summed E-state index contributed by atoms with van der Waals surface area (Å²) in [6, 6.07) is 3.67. The minimum absolute atomic E-state index is 0.0301. The number of rotatable bonds is 7. The van der Waals surface area contributed by atoms with Gasteiger partial charge >= 0.3 is 12.3 Å². The van der Waals surface area contributed by atoms with Crippen molar-refractivity contribution in [2.75, 3.05) is 33.8 Å². The number of carbonyl (C=O) groups excluding carboxylic acids is 2. The lowest BCUT2D eigenvalue weighted by Crippen LogP contribution is -2.48. The van der Waals surface area contributed by atoms with E-state index in [9.17, 15) is 22.8 Å². The number of imide groups is 1. The quantitative estimate of drug-likeness (QED) is 0.232. The minimum Gasteiger partial charge on any atom is -0.487 e. The van der Waals surface area contributed by atoms with Gasteiger partial charge in [-0.2, -0.15) is 18.2 Å². The Morgan fingerprint density at radius 3 is 2.60 bits per heavy atom. The fraction of sp³-hybridized carbons (Fsp3) is 0.346. The van der Waals surface area contributed by atoms with Crippen LogP contribution in [0.4, 0.5) is 18.0 Å². The van der Waals surface area contributed by atoms with E-state index in [2.05, 4.69) is 15.1 Å². The summed E-state index contributed by atoms with van der Waals surface area (Å²) in [5.41, 5.74) is -0.521. The number of likely N-dealkylation sites (N-methyl/N-ethyl adjacent to an activating group) is 1. The highest BCUT2D eigenvalue weighted by Gasteiger charge is 2.34. The SMILES string of the molecule is CN(C)CCOC(=O)N1C[C@H](Oc2cc(Cl)c(-c3noc(-c4cn5cc(C(F)(F)F)cc(Cl)c5n4)n3)cc2Cl)CCC1=O. The summed E-state index contributed by atoms with van der Waals surface area (Å²) in [6.07, 6.45) is -3.37. The molecule has 1 aliphatic rings. The van der Waals surface area contributed by atoms with Gasteiger partial charge in [0.1, 0.15) is 24.2 Å². The number of benzene rings is 1. The first-order valence-corrected chi connectivity index (χ1v) is 13.8. The number of piperidine rings is 1. The van der Waals surface area contributed by atoms with Gasteiger partial charge in [-0.1, -0.05) is 40.0 Å². The van der Waals surface area contributed by atoms with Gasteiger partial charge in [-0.05, 0) is 32.6 Å². The van der Waals surface area contributed by atoms with E-state index in [-0.39, 0.29) is 74.9 Å². The van der Waals surface area contributed by atoms with Crippen LogP contribution in [0.1, 0.15) is 18.4 Å². The van der Waals surface area contributed by atoms with Crippen molar-refractivity contribution >= 4 is 52.5 Å². The summed E-state index contributed by atoms with van der Waals surface area (Å²) >= 11 is 19.0. The number of halogens is 6. The number of carbonyl (C=O) groups is 2. The van der Waals surface area contributed by atoms with Gasteiger partial charge in [0, 0.05) is 37.0 Å². The van der Waals surface area contributed by atoms with Gasteiger partial charge in [0.05, 0.1) is 27.2 Å². The average Bonchev–Trinajstić information content (AvgIpc) is 3.59. The first kappa shape index (κ1) is 30.9. The van der Waals surface area contributed by atoms with Crippen LogP contribution in [0.25, 0.3) is 28.6 Å². The summed E-state index contributed by atoms with van der Waals surface area (Å²) in [5, 5.41) is 3.98. The molecular formula is C26H22Cl3F3N6O5. The predicted molar refractivity (Wildman–Crippen MR) is 149 cm³/mol. The lowest BCUT2D eigenvalue weighted by Gasteiger charge is -2.31. The smallest absolute Gasteiger partial charge is 0.417 e. The molecule has 4 heterocycles. The third-order valence-electron chi connectivity index (χ3n) is 6.39. The van der Waals surface area contributed by atoms with Crippen molar-refractivity contribution in [1.29, 1.82) is 0 Å². The predicted octanol–water partition coefficient (Wildman–Crippen LogP) is 6.10. The van der Waals surface area contributed by atoms with E-state index in [4.69, 9.17) is 48.8 Å². The van der Waals surface area contributed by atoms with Crippen LogP contribution in [-0.2, 0) is 15.7 Å². The molecule has 43 heavy (non-hydrogen) atoms. The number of fused-ring (bicyclic) bond motifs is 1. The average molecular weight is 662 g/mol. The molecule has 1 atom stereocenters. The van der Waals surface area contributed by atoms with Crippen molar-refractivity contribution in [2.24, 2.45) is 0 Å². The van der Waals surface area contributed by atoms with E-state index >= 15 is 0 Å². The number of alkyl halides is 3. The molecule has 0 saturated carbocycles. The summed E-state index contributed by atoms with van der Waals surface area (Å²) in [6.45, 7) is 0.606. The van der Waals surface area contributed by atoms with E-state index in [0.717, 1.165) is 21.6 Å². The van der Waals surface area contributed by atoms with E-state index in [1.54, 1.807) is 0 Å². The monoisotopic (exact) mass is 660 g/mol. The Morgan fingerprint density at radius 1 is 1.12 bits per heavy atom. The molecule has 0 radical (unpaired) electrons. The molecule has 1 saturated heterocycles. The second-order valence-corrected chi connectivity index (χ2v) is 11.0. The summed E-state index contributed by atoms with van der Waals surface area (Å²) in [7, 11) is 3.66. The van der Waals surface area contributed by atoms with Gasteiger partial charge in [-0.15, -0.1) is 0 Å². The molecule has 0 spiro atoms. The van der Waals surface area contributed by atoms with Gasteiger partial charge < -0.3 is 23.3 Å². The van der Waals surface area contributed by atoms with Crippen LogP contribution >= 0.6 is 34.8 Å². The Balaban J connectivity index is 1.31. The molecule has 1 aromatic carbocycles. The van der Waals surface area contributed by atoms with Crippen LogP contribution in [0.5, 0.6) is 5.75 Å². The first-order valence-electron chi connectivity index (χ1n) is 12.7. The highest BCUT2D eigenvalue weighted by molar-refractivity contribution is 6.36. The highest BCUT2D eigenvalue weighted by atomic mass is 35.5. The fourth-order valence-electron chi connectivity index (χ4n) is 4.20. The lowest BCUT2D eigenvalue weighted by atomic mass is 10.1. The van der Waals surface area contributed by atoms with Gasteiger partial charge in [0.15, 0.2) is 5.65 Å². The summed E-state index contributed by atoms with van der Waals surface area (Å²) in [5.74, 6) is -0.228. The van der Waals surface area contributed by atoms with Crippen molar-refractivity contribution < 1.29 is 36.8 Å². The maximum absolute atomic E-state index is 13.2. The number of nitrogens with zero attached hydrogens (tertiary/aromatic N) is 6. The van der Waals surface area contributed by atoms with Crippen molar-refractivity contribution in [3.8, 4) is 28.7 Å². The lowest BCUT2D eigenvalue weighted by molar-refractivity contribution is -0.138. The Bertz CT molecular complexity index is 1690. The molecule has 17 heteroatoms. The molecule has 0 aliphatic carbocycles. The van der Waals surface area contributed by atoms with Crippen LogP contribution in [0.3, 0.4) is 0 Å². The Labute approximate surface area is 257 Å². The number of likely N-dealkylation sites (tertiary alicyclic amines) is 1. The number of pyridine rings is 1. The van der Waals surface area contributed by atoms with Crippen LogP contribution in [0, 0.1) is 0 Å².